The van der Waals surface area contributed by atoms with E-state index in [2.05, 4.69) is 12.1 Å². The number of hydrogen-bond acceptors (Lipinski definition) is 2. The van der Waals surface area contributed by atoms with Gasteiger partial charge in [0.1, 0.15) is 0 Å². The zero-order valence-corrected chi connectivity index (χ0v) is 11.0. The molecule has 0 saturated heterocycles. The summed E-state index contributed by atoms with van der Waals surface area (Å²) in [5, 5.41) is 19.4. The smallest absolute Gasteiger partial charge is 0.166 e. The number of rotatable bonds is 1. The monoisotopic (exact) mass is 240 g/mol. The van der Waals surface area contributed by atoms with Crippen LogP contribution in [0.3, 0.4) is 0 Å². The first kappa shape index (κ1) is 12.5. The number of hydrogen-bond donors (Lipinski definition) is 2. The van der Waals surface area contributed by atoms with Crippen molar-refractivity contribution in [3.63, 3.8) is 0 Å². The Morgan fingerprint density at radius 3 is 2.22 bits per heavy atom. The van der Waals surface area contributed by atoms with Crippen LogP contribution in [0, 0.1) is 39.8 Å². The Morgan fingerprint density at radius 1 is 0.889 bits per heavy atom. The molecule has 0 bridgehead atoms. The number of aromatic hydroxyl groups is 2. The van der Waals surface area contributed by atoms with Gasteiger partial charge in [-0.15, -0.1) is 0 Å². The fourth-order valence-electron chi connectivity index (χ4n) is 2.00. The fraction of sp³-hybridized carbons (Fsp3) is 0.250. The van der Waals surface area contributed by atoms with Gasteiger partial charge in [-0.05, 0) is 67.1 Å². The summed E-state index contributed by atoms with van der Waals surface area (Å²) in [4.78, 5) is 0. The van der Waals surface area contributed by atoms with Gasteiger partial charge < -0.3 is 10.2 Å². The van der Waals surface area contributed by atoms with Crippen molar-refractivity contribution < 1.29 is 10.2 Å². The lowest BCUT2D eigenvalue weighted by Crippen LogP contribution is -1.93. The zero-order valence-electron chi connectivity index (χ0n) is 11.0. The molecular formula is C16H16O2. The molecule has 0 unspecified atom stereocenters. The molecule has 2 nitrogen and oxygen atoms in total. The summed E-state index contributed by atoms with van der Waals surface area (Å²) in [6, 6.07) is 9.89. The minimum Gasteiger partial charge on any atom is -0.504 e. The zero-order chi connectivity index (χ0) is 13.4. The molecule has 2 radical (unpaired) electrons. The third-order valence-corrected chi connectivity index (χ3v) is 3.54. The summed E-state index contributed by atoms with van der Waals surface area (Å²) in [5.74, 6) is -0.302. The molecule has 2 N–H and O–H groups in total. The van der Waals surface area contributed by atoms with Crippen LogP contribution in [0.2, 0.25) is 0 Å². The average Bonchev–Trinajstić information content (AvgIpc) is 2.35. The molecule has 2 heteroatoms. The second kappa shape index (κ2) is 4.37. The molecule has 2 aromatic carbocycles. The van der Waals surface area contributed by atoms with Crippen LogP contribution in [-0.2, 0) is 0 Å². The van der Waals surface area contributed by atoms with Gasteiger partial charge in [-0.1, -0.05) is 12.1 Å². The molecule has 0 amide bonds. The Morgan fingerprint density at radius 2 is 1.56 bits per heavy atom. The Labute approximate surface area is 108 Å². The quantitative estimate of drug-likeness (QED) is 0.748. The minimum absolute atomic E-state index is 0.0958. The molecule has 2 rings (SSSR count). The molecule has 0 atom stereocenters. The highest BCUT2D eigenvalue weighted by Gasteiger charge is 2.14. The van der Waals surface area contributed by atoms with Crippen molar-refractivity contribution in [3.05, 3.63) is 46.5 Å². The maximum Gasteiger partial charge on any atom is 0.166 e. The first-order valence-electron chi connectivity index (χ1n) is 5.86. The highest BCUT2D eigenvalue weighted by Crippen LogP contribution is 2.38. The van der Waals surface area contributed by atoms with Crippen molar-refractivity contribution in [2.24, 2.45) is 0 Å². The summed E-state index contributed by atoms with van der Waals surface area (Å²) in [6.07, 6.45) is 0. The van der Waals surface area contributed by atoms with Crippen LogP contribution in [0.15, 0.2) is 12.1 Å². The molecule has 0 aromatic heterocycles. The second-order valence-electron chi connectivity index (χ2n) is 4.61. The maximum atomic E-state index is 9.71. The van der Waals surface area contributed by atoms with E-state index in [1.165, 1.54) is 5.56 Å². The highest BCUT2D eigenvalue weighted by atomic mass is 16.3. The second-order valence-corrected chi connectivity index (χ2v) is 4.61. The average molecular weight is 240 g/mol. The van der Waals surface area contributed by atoms with E-state index in [1.807, 2.05) is 32.9 Å². The van der Waals surface area contributed by atoms with Crippen molar-refractivity contribution in [1.29, 1.82) is 0 Å². The largest absolute Gasteiger partial charge is 0.504 e. The number of aryl methyl sites for hydroxylation is 1. The van der Waals surface area contributed by atoms with E-state index in [4.69, 9.17) is 0 Å². The van der Waals surface area contributed by atoms with E-state index in [-0.39, 0.29) is 11.5 Å². The Bertz CT molecular complexity index is 613. The molecule has 0 aliphatic carbocycles. The van der Waals surface area contributed by atoms with Crippen molar-refractivity contribution in [2.45, 2.75) is 27.7 Å². The Balaban J connectivity index is 2.76. The van der Waals surface area contributed by atoms with Crippen LogP contribution >= 0.6 is 0 Å². The molecule has 18 heavy (non-hydrogen) atoms. The molecule has 0 aliphatic heterocycles. The van der Waals surface area contributed by atoms with Gasteiger partial charge in [-0.2, -0.15) is 0 Å². The Hall–Kier alpha value is -1.96. The first-order chi connectivity index (χ1) is 8.43. The van der Waals surface area contributed by atoms with E-state index in [0.29, 0.717) is 5.56 Å². The molecule has 92 valence electrons. The summed E-state index contributed by atoms with van der Waals surface area (Å²) in [6.45, 7) is 7.76. The van der Waals surface area contributed by atoms with E-state index in [9.17, 15) is 10.2 Å². The molecule has 0 saturated carbocycles. The van der Waals surface area contributed by atoms with E-state index < -0.39 is 0 Å². The number of benzene rings is 2. The lowest BCUT2D eigenvalue weighted by atomic mass is 9.91. The van der Waals surface area contributed by atoms with E-state index in [0.717, 1.165) is 22.3 Å². The van der Waals surface area contributed by atoms with Crippen LogP contribution in [0.4, 0.5) is 0 Å². The van der Waals surface area contributed by atoms with Gasteiger partial charge in [0.15, 0.2) is 11.5 Å². The first-order valence-corrected chi connectivity index (χ1v) is 5.86. The van der Waals surface area contributed by atoms with Gasteiger partial charge in [0.25, 0.3) is 0 Å². The summed E-state index contributed by atoms with van der Waals surface area (Å²) >= 11 is 0. The van der Waals surface area contributed by atoms with E-state index in [1.54, 1.807) is 6.92 Å². The molecule has 2 aromatic rings. The Kier molecular flexibility index (Phi) is 3.04. The van der Waals surface area contributed by atoms with Crippen LogP contribution in [0.1, 0.15) is 22.3 Å². The van der Waals surface area contributed by atoms with Crippen LogP contribution < -0.4 is 0 Å². The van der Waals surface area contributed by atoms with Gasteiger partial charge in [0.2, 0.25) is 0 Å². The highest BCUT2D eigenvalue weighted by molar-refractivity contribution is 5.74. The third kappa shape index (κ3) is 1.84. The van der Waals surface area contributed by atoms with Crippen LogP contribution in [0.25, 0.3) is 11.1 Å². The van der Waals surface area contributed by atoms with Crippen molar-refractivity contribution in [3.8, 4) is 22.6 Å². The van der Waals surface area contributed by atoms with Gasteiger partial charge in [0.05, 0.1) is 0 Å². The van der Waals surface area contributed by atoms with Crippen molar-refractivity contribution in [2.75, 3.05) is 0 Å². The normalized spacial score (nSPS) is 10.7. The molecule has 0 fully saturated rings. The minimum atomic E-state index is -0.206. The van der Waals surface area contributed by atoms with Gasteiger partial charge in [0, 0.05) is 6.07 Å². The van der Waals surface area contributed by atoms with Crippen LogP contribution in [0.5, 0.6) is 11.5 Å². The molecule has 0 aliphatic rings. The summed E-state index contributed by atoms with van der Waals surface area (Å²) < 4.78 is 0. The molecular weight excluding hydrogens is 224 g/mol. The maximum absolute atomic E-state index is 9.71. The lowest BCUT2D eigenvalue weighted by molar-refractivity contribution is 0.400. The number of phenols is 2. The SMILES string of the molecule is Cc1cc[c]c(-c2[c]c(O)c(O)c(C)c2C)c1C. The van der Waals surface area contributed by atoms with Crippen molar-refractivity contribution in [1.82, 2.24) is 0 Å². The third-order valence-electron chi connectivity index (χ3n) is 3.54. The van der Waals surface area contributed by atoms with E-state index >= 15 is 0 Å². The fourth-order valence-corrected chi connectivity index (χ4v) is 2.00. The lowest BCUT2D eigenvalue weighted by Gasteiger charge is -2.14. The predicted molar refractivity (Wildman–Crippen MR) is 71.8 cm³/mol. The number of phenolic OH excluding ortho intramolecular Hbond substituents is 2. The standard InChI is InChI=1S/C16H16O2/c1-9-6-5-7-13(10(9)2)14-8-15(17)16(18)12(4)11(14)3/h5-6,17-18H,1-4H3. The summed E-state index contributed by atoms with van der Waals surface area (Å²) in [7, 11) is 0. The molecule has 0 spiro atoms. The molecule has 0 heterocycles. The van der Waals surface area contributed by atoms with Crippen LogP contribution in [-0.4, -0.2) is 10.2 Å². The summed E-state index contributed by atoms with van der Waals surface area (Å²) in [5.41, 5.74) is 5.59. The van der Waals surface area contributed by atoms with Gasteiger partial charge >= 0.3 is 0 Å². The van der Waals surface area contributed by atoms with Gasteiger partial charge in [-0.3, -0.25) is 0 Å². The van der Waals surface area contributed by atoms with Gasteiger partial charge in [-0.25, -0.2) is 0 Å². The predicted octanol–water partition coefficient (Wildman–Crippen LogP) is 3.60. The van der Waals surface area contributed by atoms with Crippen molar-refractivity contribution >= 4 is 0 Å². The topological polar surface area (TPSA) is 40.5 Å².